The molecule has 1 heterocycles. The first-order valence-corrected chi connectivity index (χ1v) is 7.24. The van der Waals surface area contributed by atoms with Gasteiger partial charge in [0.25, 0.3) is 5.91 Å². The molecule has 1 aromatic carbocycles. The highest BCUT2D eigenvalue weighted by molar-refractivity contribution is 6.31. The second-order valence-electron chi connectivity index (χ2n) is 4.84. The predicted molar refractivity (Wildman–Crippen MR) is 83.9 cm³/mol. The van der Waals surface area contributed by atoms with Crippen LogP contribution in [0.3, 0.4) is 0 Å². The van der Waals surface area contributed by atoms with Gasteiger partial charge in [0.15, 0.2) is 11.5 Å². The smallest absolute Gasteiger partial charge is 0.272 e. The van der Waals surface area contributed by atoms with Gasteiger partial charge >= 0.3 is 0 Å². The van der Waals surface area contributed by atoms with Gasteiger partial charge in [-0.05, 0) is 43.7 Å². The summed E-state index contributed by atoms with van der Waals surface area (Å²) in [6, 6.07) is 7.50. The van der Waals surface area contributed by atoms with Gasteiger partial charge in [0.1, 0.15) is 5.82 Å². The van der Waals surface area contributed by atoms with Crippen LogP contribution >= 0.6 is 11.6 Å². The molecule has 1 unspecified atom stereocenters. The summed E-state index contributed by atoms with van der Waals surface area (Å²) in [5.41, 5.74) is 0.820. The highest BCUT2D eigenvalue weighted by Crippen LogP contribution is 2.21. The Morgan fingerprint density at radius 1 is 1.32 bits per heavy atom. The lowest BCUT2D eigenvalue weighted by Gasteiger charge is -2.10. The quantitative estimate of drug-likeness (QED) is 0.883. The number of hydrogen-bond donors (Lipinski definition) is 2. The fourth-order valence-electron chi connectivity index (χ4n) is 1.64. The molecule has 0 saturated heterocycles. The van der Waals surface area contributed by atoms with Gasteiger partial charge in [0.05, 0.1) is 5.02 Å². The summed E-state index contributed by atoms with van der Waals surface area (Å²) in [4.78, 5) is 11.9. The van der Waals surface area contributed by atoms with E-state index in [1.165, 1.54) is 18.2 Å². The number of benzene rings is 1. The van der Waals surface area contributed by atoms with Crippen molar-refractivity contribution in [2.45, 2.75) is 26.3 Å². The number of carbonyl (C=O) groups is 1. The van der Waals surface area contributed by atoms with Crippen LogP contribution in [0.5, 0.6) is 0 Å². The number of amides is 1. The largest absolute Gasteiger partial charge is 0.348 e. The van der Waals surface area contributed by atoms with Gasteiger partial charge in [-0.15, -0.1) is 10.2 Å². The number of aromatic nitrogens is 2. The normalized spacial score (nSPS) is 11.8. The molecule has 0 fully saturated rings. The molecule has 0 radical (unpaired) electrons. The molecule has 0 spiro atoms. The molecule has 2 rings (SSSR count). The fraction of sp³-hybridized carbons (Fsp3) is 0.267. The Balaban J connectivity index is 2.05. The molecule has 1 atom stereocenters. The molecular formula is C15H16ClFN4O. The van der Waals surface area contributed by atoms with Crippen molar-refractivity contribution in [3.8, 4) is 0 Å². The Kier molecular flexibility index (Phi) is 5.27. The maximum Gasteiger partial charge on any atom is 0.272 e. The number of anilines is 2. The van der Waals surface area contributed by atoms with Crippen LogP contribution in [0.4, 0.5) is 15.9 Å². The molecule has 2 aromatic rings. The molecule has 22 heavy (non-hydrogen) atoms. The van der Waals surface area contributed by atoms with E-state index in [0.29, 0.717) is 11.5 Å². The third-order valence-corrected chi connectivity index (χ3v) is 3.37. The zero-order valence-corrected chi connectivity index (χ0v) is 13.0. The number of nitrogens with one attached hydrogen (secondary N) is 2. The molecule has 5 nitrogen and oxygen atoms in total. The molecule has 0 bridgehead atoms. The third kappa shape index (κ3) is 4.14. The van der Waals surface area contributed by atoms with Crippen LogP contribution in [-0.2, 0) is 0 Å². The molecule has 1 aromatic heterocycles. The molecule has 7 heteroatoms. The third-order valence-electron chi connectivity index (χ3n) is 3.08. The van der Waals surface area contributed by atoms with E-state index in [-0.39, 0.29) is 22.7 Å². The summed E-state index contributed by atoms with van der Waals surface area (Å²) < 4.78 is 13.1. The Bertz CT molecular complexity index is 663. The maximum atomic E-state index is 13.1. The standard InChI is InChI=1S/C15H16ClFN4O/c1-3-9(2)18-15(22)13-6-7-14(21-20-13)19-10-4-5-12(17)11(16)8-10/h4-9H,3H2,1-2H3,(H,18,22)(H,19,21). The minimum absolute atomic E-state index is 0.0162. The van der Waals surface area contributed by atoms with Crippen LogP contribution in [0.2, 0.25) is 5.02 Å². The SMILES string of the molecule is CCC(C)NC(=O)c1ccc(Nc2ccc(F)c(Cl)c2)nn1. The van der Waals surface area contributed by atoms with Crippen LogP contribution in [-0.4, -0.2) is 22.1 Å². The van der Waals surface area contributed by atoms with Crippen molar-refractivity contribution in [3.05, 3.63) is 46.9 Å². The van der Waals surface area contributed by atoms with E-state index >= 15 is 0 Å². The monoisotopic (exact) mass is 322 g/mol. The van der Waals surface area contributed by atoms with E-state index < -0.39 is 5.82 Å². The highest BCUT2D eigenvalue weighted by Gasteiger charge is 2.10. The van der Waals surface area contributed by atoms with Gasteiger partial charge in [-0.25, -0.2) is 4.39 Å². The van der Waals surface area contributed by atoms with E-state index in [9.17, 15) is 9.18 Å². The van der Waals surface area contributed by atoms with Gasteiger partial charge in [0.2, 0.25) is 0 Å². The van der Waals surface area contributed by atoms with Crippen LogP contribution in [0.25, 0.3) is 0 Å². The van der Waals surface area contributed by atoms with E-state index in [0.717, 1.165) is 6.42 Å². The predicted octanol–water partition coefficient (Wildman–Crippen LogP) is 3.54. The Morgan fingerprint density at radius 2 is 2.09 bits per heavy atom. The van der Waals surface area contributed by atoms with Gasteiger partial charge < -0.3 is 10.6 Å². The second kappa shape index (κ2) is 7.17. The average molecular weight is 323 g/mol. The first kappa shape index (κ1) is 16.2. The number of halogens is 2. The molecule has 0 aliphatic carbocycles. The van der Waals surface area contributed by atoms with Crippen molar-refractivity contribution in [3.63, 3.8) is 0 Å². The van der Waals surface area contributed by atoms with Crippen molar-refractivity contribution >= 4 is 29.0 Å². The molecule has 0 saturated carbocycles. The lowest BCUT2D eigenvalue weighted by atomic mass is 10.2. The van der Waals surface area contributed by atoms with Crippen molar-refractivity contribution in [2.75, 3.05) is 5.32 Å². The first-order valence-electron chi connectivity index (χ1n) is 6.86. The molecule has 0 aliphatic heterocycles. The molecule has 1 amide bonds. The zero-order valence-electron chi connectivity index (χ0n) is 12.2. The van der Waals surface area contributed by atoms with Crippen molar-refractivity contribution in [2.24, 2.45) is 0 Å². The highest BCUT2D eigenvalue weighted by atomic mass is 35.5. The van der Waals surface area contributed by atoms with Crippen LogP contribution in [0, 0.1) is 5.82 Å². The maximum absolute atomic E-state index is 13.1. The Labute approximate surface area is 132 Å². The van der Waals surface area contributed by atoms with Crippen molar-refractivity contribution < 1.29 is 9.18 Å². The molecule has 2 N–H and O–H groups in total. The molecular weight excluding hydrogens is 307 g/mol. The number of hydrogen-bond acceptors (Lipinski definition) is 4. The molecule has 116 valence electrons. The van der Waals surface area contributed by atoms with Crippen molar-refractivity contribution in [1.82, 2.24) is 15.5 Å². The lowest BCUT2D eigenvalue weighted by Crippen LogP contribution is -2.32. The van der Waals surface area contributed by atoms with Gasteiger partial charge in [-0.1, -0.05) is 18.5 Å². The topological polar surface area (TPSA) is 66.9 Å². The average Bonchev–Trinajstić information content (AvgIpc) is 2.51. The van der Waals surface area contributed by atoms with E-state index in [4.69, 9.17) is 11.6 Å². The van der Waals surface area contributed by atoms with Gasteiger partial charge in [0, 0.05) is 11.7 Å². The van der Waals surface area contributed by atoms with E-state index in [1.807, 2.05) is 13.8 Å². The van der Waals surface area contributed by atoms with Crippen molar-refractivity contribution in [1.29, 1.82) is 0 Å². The van der Waals surface area contributed by atoms with Crippen LogP contribution < -0.4 is 10.6 Å². The number of rotatable bonds is 5. The van der Waals surface area contributed by atoms with Gasteiger partial charge in [-0.3, -0.25) is 4.79 Å². The Hall–Kier alpha value is -2.21. The first-order chi connectivity index (χ1) is 10.5. The zero-order chi connectivity index (χ0) is 16.1. The Morgan fingerprint density at radius 3 is 2.68 bits per heavy atom. The lowest BCUT2D eigenvalue weighted by molar-refractivity contribution is 0.0933. The van der Waals surface area contributed by atoms with Crippen LogP contribution in [0.1, 0.15) is 30.8 Å². The summed E-state index contributed by atoms with van der Waals surface area (Å²) in [6.07, 6.45) is 0.837. The van der Waals surface area contributed by atoms with Gasteiger partial charge in [-0.2, -0.15) is 0 Å². The minimum Gasteiger partial charge on any atom is -0.348 e. The summed E-state index contributed by atoms with van der Waals surface area (Å²) in [5.74, 6) is -0.323. The number of carbonyl (C=O) groups excluding carboxylic acids is 1. The van der Waals surface area contributed by atoms with E-state index in [2.05, 4.69) is 20.8 Å². The minimum atomic E-state index is -0.490. The number of nitrogens with zero attached hydrogens (tertiary/aromatic N) is 2. The van der Waals surface area contributed by atoms with E-state index in [1.54, 1.807) is 12.1 Å². The summed E-state index contributed by atoms with van der Waals surface area (Å²) in [5, 5.41) is 13.5. The summed E-state index contributed by atoms with van der Waals surface area (Å²) in [7, 11) is 0. The second-order valence-corrected chi connectivity index (χ2v) is 5.25. The van der Waals surface area contributed by atoms with Crippen LogP contribution in [0.15, 0.2) is 30.3 Å². The summed E-state index contributed by atoms with van der Waals surface area (Å²) >= 11 is 5.71. The fourth-order valence-corrected chi connectivity index (χ4v) is 1.82. The summed E-state index contributed by atoms with van der Waals surface area (Å²) in [6.45, 7) is 3.90. The molecule has 0 aliphatic rings.